The van der Waals surface area contributed by atoms with Crippen LogP contribution < -0.4 is 5.32 Å². The molecule has 4 heterocycles. The molecule has 1 saturated heterocycles. The van der Waals surface area contributed by atoms with Crippen LogP contribution in [0.1, 0.15) is 30.0 Å². The number of benzene rings is 1. The van der Waals surface area contributed by atoms with Crippen molar-refractivity contribution >= 4 is 22.4 Å². The molecule has 136 valence electrons. The first kappa shape index (κ1) is 16.4. The van der Waals surface area contributed by atoms with Crippen LogP contribution in [0.25, 0.3) is 10.6 Å². The maximum Gasteiger partial charge on any atom is 0.323 e. The fraction of sp³-hybridized carbons (Fsp3) is 0.250. The molecule has 1 N–H and O–H groups in total. The van der Waals surface area contributed by atoms with E-state index in [9.17, 15) is 9.18 Å². The Hall–Kier alpha value is -2.80. The van der Waals surface area contributed by atoms with Gasteiger partial charge in [0.05, 0.1) is 12.2 Å². The highest BCUT2D eigenvalue weighted by atomic mass is 32.1. The lowest BCUT2D eigenvalue weighted by Crippen LogP contribution is -2.44. The first-order valence-corrected chi connectivity index (χ1v) is 9.76. The Kier molecular flexibility index (Phi) is 3.89. The summed E-state index contributed by atoms with van der Waals surface area (Å²) >= 11 is 1.45. The number of carbonyl (C=O) groups excluding carboxylic acids is 1. The van der Waals surface area contributed by atoms with E-state index in [1.165, 1.54) is 17.5 Å². The number of thiazole rings is 1. The largest absolute Gasteiger partial charge is 0.323 e. The molecule has 1 aromatic carbocycles. The summed E-state index contributed by atoms with van der Waals surface area (Å²) in [6.07, 6.45) is 5.43. The maximum atomic E-state index is 14.0. The average molecular weight is 380 g/mol. The van der Waals surface area contributed by atoms with Crippen LogP contribution >= 0.6 is 11.3 Å². The number of urea groups is 1. The Morgan fingerprint density at radius 3 is 2.89 bits per heavy atom. The normalized spacial score (nSPS) is 20.4. The summed E-state index contributed by atoms with van der Waals surface area (Å²) in [5, 5.41) is 4.56. The molecular formula is C20H17FN4OS. The van der Waals surface area contributed by atoms with Gasteiger partial charge in [-0.05, 0) is 30.9 Å². The standard InChI is InChI=1S/C20H17FN4OS/c21-18-15-10-13-6-7-16(14(15)8-9-22-18)25(13)20(26)24-17-11-23-19(27-17)12-4-2-1-3-5-12/h1-5,8-9,11,13,16H,6-7,10H2,(H,24,26)/t13-,16+/m0/s1. The van der Waals surface area contributed by atoms with Crippen molar-refractivity contribution in [2.45, 2.75) is 31.3 Å². The van der Waals surface area contributed by atoms with E-state index in [4.69, 9.17) is 0 Å². The fourth-order valence-electron chi connectivity index (χ4n) is 4.14. The number of pyridine rings is 1. The number of rotatable bonds is 2. The summed E-state index contributed by atoms with van der Waals surface area (Å²) in [7, 11) is 0. The summed E-state index contributed by atoms with van der Waals surface area (Å²) in [4.78, 5) is 23.0. The molecule has 2 aliphatic rings. The Morgan fingerprint density at radius 2 is 2.04 bits per heavy atom. The Balaban J connectivity index is 1.37. The van der Waals surface area contributed by atoms with E-state index < -0.39 is 5.95 Å². The van der Waals surface area contributed by atoms with E-state index in [2.05, 4.69) is 15.3 Å². The molecule has 0 saturated carbocycles. The van der Waals surface area contributed by atoms with Crippen molar-refractivity contribution in [1.29, 1.82) is 0 Å². The van der Waals surface area contributed by atoms with Crippen molar-refractivity contribution in [2.75, 3.05) is 5.32 Å². The van der Waals surface area contributed by atoms with Gasteiger partial charge in [0.1, 0.15) is 10.0 Å². The molecule has 2 amide bonds. The Bertz CT molecular complexity index is 1010. The third-order valence-electron chi connectivity index (χ3n) is 5.33. The van der Waals surface area contributed by atoms with Crippen LogP contribution in [0.4, 0.5) is 14.2 Å². The molecule has 0 aliphatic carbocycles. The van der Waals surface area contributed by atoms with Gasteiger partial charge >= 0.3 is 6.03 Å². The van der Waals surface area contributed by atoms with Crippen LogP contribution in [-0.2, 0) is 6.42 Å². The van der Waals surface area contributed by atoms with Gasteiger partial charge in [-0.3, -0.25) is 5.32 Å². The Labute approximate surface area is 159 Å². The smallest absolute Gasteiger partial charge is 0.314 e. The Morgan fingerprint density at radius 1 is 1.19 bits per heavy atom. The topological polar surface area (TPSA) is 58.1 Å². The number of aromatic nitrogens is 2. The van der Waals surface area contributed by atoms with Gasteiger partial charge in [-0.15, -0.1) is 0 Å². The summed E-state index contributed by atoms with van der Waals surface area (Å²) in [6, 6.07) is 11.5. The van der Waals surface area contributed by atoms with Gasteiger partial charge in [0, 0.05) is 23.4 Å². The van der Waals surface area contributed by atoms with E-state index in [0.29, 0.717) is 17.0 Å². The third kappa shape index (κ3) is 2.78. The number of hydrogen-bond acceptors (Lipinski definition) is 4. The summed E-state index contributed by atoms with van der Waals surface area (Å²) in [5.74, 6) is -0.403. The molecule has 0 unspecified atom stereocenters. The van der Waals surface area contributed by atoms with Crippen LogP contribution in [0.15, 0.2) is 48.8 Å². The zero-order chi connectivity index (χ0) is 18.4. The molecule has 2 aliphatic heterocycles. The van der Waals surface area contributed by atoms with Crippen molar-refractivity contribution in [3.8, 4) is 10.6 Å². The molecule has 2 atom stereocenters. The van der Waals surface area contributed by atoms with E-state index in [-0.39, 0.29) is 18.1 Å². The van der Waals surface area contributed by atoms with E-state index in [0.717, 1.165) is 29.0 Å². The fourth-order valence-corrected chi connectivity index (χ4v) is 4.95. The van der Waals surface area contributed by atoms with E-state index >= 15 is 0 Å². The average Bonchev–Trinajstić information content (AvgIpc) is 3.27. The molecule has 3 aromatic rings. The van der Waals surface area contributed by atoms with Gasteiger partial charge in [0.25, 0.3) is 0 Å². The zero-order valence-electron chi connectivity index (χ0n) is 14.4. The van der Waals surface area contributed by atoms with Gasteiger partial charge in [-0.25, -0.2) is 14.8 Å². The molecule has 7 heteroatoms. The number of carbonyl (C=O) groups is 1. The lowest BCUT2D eigenvalue weighted by atomic mass is 9.95. The number of hydrogen-bond donors (Lipinski definition) is 1. The molecule has 5 rings (SSSR count). The van der Waals surface area contributed by atoms with Crippen LogP contribution in [0.3, 0.4) is 0 Å². The number of anilines is 1. The minimum atomic E-state index is -0.403. The first-order chi connectivity index (χ1) is 13.2. The number of halogens is 1. The predicted octanol–water partition coefficient (Wildman–Crippen LogP) is 4.64. The van der Waals surface area contributed by atoms with Gasteiger partial charge in [-0.1, -0.05) is 41.7 Å². The van der Waals surface area contributed by atoms with Crippen molar-refractivity contribution in [3.05, 3.63) is 65.9 Å². The highest BCUT2D eigenvalue weighted by molar-refractivity contribution is 7.19. The van der Waals surface area contributed by atoms with Crippen LogP contribution in [-0.4, -0.2) is 26.9 Å². The van der Waals surface area contributed by atoms with Crippen molar-refractivity contribution in [2.24, 2.45) is 0 Å². The molecule has 0 spiro atoms. The first-order valence-electron chi connectivity index (χ1n) is 8.94. The second kappa shape index (κ2) is 6.42. The van der Waals surface area contributed by atoms with Crippen LogP contribution in [0, 0.1) is 5.95 Å². The predicted molar refractivity (Wildman–Crippen MR) is 102 cm³/mol. The van der Waals surface area contributed by atoms with E-state index in [1.54, 1.807) is 6.20 Å². The number of amides is 2. The van der Waals surface area contributed by atoms with Crippen molar-refractivity contribution in [3.63, 3.8) is 0 Å². The summed E-state index contributed by atoms with van der Waals surface area (Å²) in [5.41, 5.74) is 2.58. The zero-order valence-corrected chi connectivity index (χ0v) is 15.2. The molecule has 1 fully saturated rings. The molecule has 2 bridgehead atoms. The third-order valence-corrected chi connectivity index (χ3v) is 6.29. The second-order valence-corrected chi connectivity index (χ2v) is 7.88. The van der Waals surface area contributed by atoms with Crippen LogP contribution in [0.5, 0.6) is 0 Å². The lowest BCUT2D eigenvalue weighted by Gasteiger charge is -2.36. The van der Waals surface area contributed by atoms with Gasteiger partial charge < -0.3 is 4.90 Å². The van der Waals surface area contributed by atoms with Gasteiger partial charge in [-0.2, -0.15) is 4.39 Å². The monoisotopic (exact) mass is 380 g/mol. The highest BCUT2D eigenvalue weighted by Crippen LogP contribution is 2.44. The minimum absolute atomic E-state index is 0.0164. The molecular weight excluding hydrogens is 363 g/mol. The van der Waals surface area contributed by atoms with E-state index in [1.807, 2.05) is 41.3 Å². The SMILES string of the molecule is O=C(Nc1cnc(-c2ccccc2)s1)N1[C@H]2CC[C@@H]1c1ccnc(F)c1C2. The molecule has 5 nitrogen and oxygen atoms in total. The number of nitrogens with zero attached hydrogens (tertiary/aromatic N) is 3. The lowest BCUT2D eigenvalue weighted by molar-refractivity contribution is 0.178. The molecule has 2 aromatic heterocycles. The van der Waals surface area contributed by atoms with Gasteiger partial charge in [0.2, 0.25) is 5.95 Å². The van der Waals surface area contributed by atoms with Crippen LogP contribution in [0.2, 0.25) is 0 Å². The number of nitrogens with one attached hydrogen (secondary N) is 1. The second-order valence-electron chi connectivity index (χ2n) is 6.85. The van der Waals surface area contributed by atoms with Crippen molar-refractivity contribution in [1.82, 2.24) is 14.9 Å². The van der Waals surface area contributed by atoms with Gasteiger partial charge in [0.15, 0.2) is 0 Å². The van der Waals surface area contributed by atoms with Crippen molar-refractivity contribution < 1.29 is 9.18 Å². The number of fused-ring (bicyclic) bond motifs is 4. The summed E-state index contributed by atoms with van der Waals surface area (Å²) in [6.45, 7) is 0. The molecule has 0 radical (unpaired) electrons. The summed E-state index contributed by atoms with van der Waals surface area (Å²) < 4.78 is 14.0. The quantitative estimate of drug-likeness (QED) is 0.659. The minimum Gasteiger partial charge on any atom is -0.314 e. The highest BCUT2D eigenvalue weighted by Gasteiger charge is 2.43. The maximum absolute atomic E-state index is 14.0. The molecule has 27 heavy (non-hydrogen) atoms.